The van der Waals surface area contributed by atoms with Gasteiger partial charge in [-0.05, 0) is 59.7 Å². The molecule has 3 aromatic carbocycles. The van der Waals surface area contributed by atoms with Gasteiger partial charge in [0.25, 0.3) is 15.6 Å². The Morgan fingerprint density at radius 3 is 1.89 bits per heavy atom. The molecular formula is C25H16Cl3FN2O3S. The van der Waals surface area contributed by atoms with E-state index in [4.69, 9.17) is 34.8 Å². The van der Waals surface area contributed by atoms with E-state index in [0.29, 0.717) is 21.2 Å². The van der Waals surface area contributed by atoms with Gasteiger partial charge in [0.15, 0.2) is 0 Å². The highest BCUT2D eigenvalue weighted by atomic mass is 35.5. The Labute approximate surface area is 216 Å². The van der Waals surface area contributed by atoms with Gasteiger partial charge in [-0.2, -0.15) is 0 Å². The number of rotatable bonds is 4. The monoisotopic (exact) mass is 548 g/mol. The molecule has 1 aliphatic heterocycles. The lowest BCUT2D eigenvalue weighted by Gasteiger charge is -2.29. The zero-order valence-corrected chi connectivity index (χ0v) is 20.9. The fourth-order valence-corrected chi connectivity index (χ4v) is 6.52. The van der Waals surface area contributed by atoms with Crippen LogP contribution in [0.5, 0.6) is 0 Å². The summed E-state index contributed by atoms with van der Waals surface area (Å²) < 4.78 is 44.5. The van der Waals surface area contributed by atoms with Crippen LogP contribution < -0.4 is 9.86 Å². The standard InChI is InChI=1S/C25H16Cl3FN2O3S/c26-17-8-4-15(5-9-17)24-25(16-6-10-18(27)11-7-16)31(22-2-1-3-23(32)30(22)24)35(33,34)19-12-13-21(29)20(28)14-19/h1-14,24-25H/t24-,25+/m0/s1. The first-order valence-corrected chi connectivity index (χ1v) is 13.0. The van der Waals surface area contributed by atoms with Crippen molar-refractivity contribution in [3.8, 4) is 0 Å². The maximum atomic E-state index is 14.0. The number of halogens is 4. The summed E-state index contributed by atoms with van der Waals surface area (Å²) >= 11 is 18.1. The number of aromatic nitrogens is 1. The van der Waals surface area contributed by atoms with Crippen molar-refractivity contribution in [1.29, 1.82) is 0 Å². The molecule has 0 aliphatic carbocycles. The molecule has 5 nitrogen and oxygen atoms in total. The van der Waals surface area contributed by atoms with Crippen LogP contribution in [0.15, 0.2) is 94.6 Å². The maximum absolute atomic E-state index is 14.0. The third-order valence-corrected chi connectivity index (χ3v) is 8.47. The first kappa shape index (κ1) is 23.9. The van der Waals surface area contributed by atoms with E-state index in [-0.39, 0.29) is 21.3 Å². The van der Waals surface area contributed by atoms with Crippen molar-refractivity contribution in [2.24, 2.45) is 0 Å². The number of sulfonamides is 1. The second-order valence-electron chi connectivity index (χ2n) is 7.96. The lowest BCUT2D eigenvalue weighted by atomic mass is 9.94. The number of nitrogens with zero attached hydrogens (tertiary/aromatic N) is 2. The zero-order valence-electron chi connectivity index (χ0n) is 17.8. The summed E-state index contributed by atoms with van der Waals surface area (Å²) in [6.07, 6.45) is 0. The average Bonchev–Trinajstić information content (AvgIpc) is 3.19. The number of anilines is 1. The summed E-state index contributed by atoms with van der Waals surface area (Å²) in [7, 11) is -4.30. The van der Waals surface area contributed by atoms with Crippen molar-refractivity contribution in [2.45, 2.75) is 17.0 Å². The van der Waals surface area contributed by atoms with Crippen LogP contribution in [0.1, 0.15) is 23.2 Å². The minimum Gasteiger partial charge on any atom is -0.284 e. The van der Waals surface area contributed by atoms with Crippen molar-refractivity contribution in [3.63, 3.8) is 0 Å². The molecule has 0 N–H and O–H groups in total. The van der Waals surface area contributed by atoms with Crippen molar-refractivity contribution >= 4 is 50.6 Å². The lowest BCUT2D eigenvalue weighted by molar-refractivity contribution is 0.529. The van der Waals surface area contributed by atoms with Gasteiger partial charge in [0.05, 0.1) is 22.0 Å². The first-order valence-electron chi connectivity index (χ1n) is 10.4. The van der Waals surface area contributed by atoms with E-state index in [9.17, 15) is 17.6 Å². The Kier molecular flexibility index (Phi) is 6.13. The number of hydrogen-bond acceptors (Lipinski definition) is 3. The Balaban J connectivity index is 1.81. The topological polar surface area (TPSA) is 59.4 Å². The fraction of sp³-hybridized carbons (Fsp3) is 0.0800. The number of fused-ring (bicyclic) bond motifs is 1. The predicted octanol–water partition coefficient (Wildman–Crippen LogP) is 6.49. The Hall–Kier alpha value is -2.84. The molecule has 2 atom stereocenters. The molecule has 1 aliphatic rings. The fourth-order valence-electron chi connectivity index (χ4n) is 4.35. The average molecular weight is 550 g/mol. The Bertz CT molecular complexity index is 1590. The molecule has 0 fully saturated rings. The molecule has 0 unspecified atom stereocenters. The van der Waals surface area contributed by atoms with E-state index in [0.717, 1.165) is 18.2 Å². The summed E-state index contributed by atoms with van der Waals surface area (Å²) in [5.74, 6) is -0.574. The largest absolute Gasteiger partial charge is 0.284 e. The van der Waals surface area contributed by atoms with E-state index in [1.165, 1.54) is 21.0 Å². The van der Waals surface area contributed by atoms with Crippen LogP contribution in [0.4, 0.5) is 10.2 Å². The number of hydrogen-bond donors (Lipinski definition) is 0. The molecule has 35 heavy (non-hydrogen) atoms. The third-order valence-electron chi connectivity index (χ3n) is 5.89. The van der Waals surface area contributed by atoms with Crippen LogP contribution in [0.3, 0.4) is 0 Å². The molecule has 0 saturated carbocycles. The molecule has 0 bridgehead atoms. The van der Waals surface area contributed by atoms with Gasteiger partial charge in [-0.25, -0.2) is 17.1 Å². The van der Waals surface area contributed by atoms with Gasteiger partial charge in [0, 0.05) is 16.1 Å². The van der Waals surface area contributed by atoms with Crippen LogP contribution in [0.25, 0.3) is 0 Å². The predicted molar refractivity (Wildman–Crippen MR) is 136 cm³/mol. The van der Waals surface area contributed by atoms with E-state index < -0.39 is 27.9 Å². The molecule has 0 spiro atoms. The molecule has 0 saturated heterocycles. The van der Waals surface area contributed by atoms with Gasteiger partial charge in [-0.15, -0.1) is 0 Å². The number of benzene rings is 3. The summed E-state index contributed by atoms with van der Waals surface area (Å²) in [6, 6.07) is 19.7. The maximum Gasteiger partial charge on any atom is 0.266 e. The van der Waals surface area contributed by atoms with Gasteiger partial charge < -0.3 is 0 Å². The van der Waals surface area contributed by atoms with Crippen molar-refractivity contribution in [2.75, 3.05) is 4.31 Å². The molecule has 5 rings (SSSR count). The highest BCUT2D eigenvalue weighted by Gasteiger charge is 2.47. The second kappa shape index (κ2) is 8.99. The minimum atomic E-state index is -4.30. The summed E-state index contributed by atoms with van der Waals surface area (Å²) in [6.45, 7) is 0. The summed E-state index contributed by atoms with van der Waals surface area (Å²) in [5, 5.41) is 0.651. The molecule has 4 aromatic rings. The zero-order chi connectivity index (χ0) is 24.9. The SMILES string of the molecule is O=c1cccc2n1[C@@H](c1ccc(Cl)cc1)[C@@H](c1ccc(Cl)cc1)N2S(=O)(=O)c1ccc(F)c(Cl)c1. The number of pyridine rings is 1. The molecule has 10 heteroatoms. The van der Waals surface area contributed by atoms with E-state index in [2.05, 4.69) is 0 Å². The highest BCUT2D eigenvalue weighted by molar-refractivity contribution is 7.92. The van der Waals surface area contributed by atoms with E-state index >= 15 is 0 Å². The van der Waals surface area contributed by atoms with Gasteiger partial charge in [-0.3, -0.25) is 9.36 Å². The van der Waals surface area contributed by atoms with Gasteiger partial charge >= 0.3 is 0 Å². The van der Waals surface area contributed by atoms with Crippen molar-refractivity contribution in [1.82, 2.24) is 4.57 Å². The molecule has 178 valence electrons. The lowest BCUT2D eigenvalue weighted by Crippen LogP contribution is -2.33. The molecule has 0 amide bonds. The van der Waals surface area contributed by atoms with Gasteiger partial charge in [-0.1, -0.05) is 65.1 Å². The molecule has 1 aromatic heterocycles. The Morgan fingerprint density at radius 2 is 1.31 bits per heavy atom. The molecule has 2 heterocycles. The first-order chi connectivity index (χ1) is 16.7. The molecule has 0 radical (unpaired) electrons. The van der Waals surface area contributed by atoms with Crippen molar-refractivity contribution in [3.05, 3.63) is 127 Å². The van der Waals surface area contributed by atoms with E-state index in [1.54, 1.807) is 54.6 Å². The quantitative estimate of drug-likeness (QED) is 0.292. The Morgan fingerprint density at radius 1 is 0.743 bits per heavy atom. The van der Waals surface area contributed by atoms with Crippen LogP contribution in [0, 0.1) is 5.82 Å². The molecular weight excluding hydrogens is 534 g/mol. The smallest absolute Gasteiger partial charge is 0.266 e. The van der Waals surface area contributed by atoms with Crippen LogP contribution in [-0.2, 0) is 10.0 Å². The highest BCUT2D eigenvalue weighted by Crippen LogP contribution is 2.49. The van der Waals surface area contributed by atoms with Crippen LogP contribution >= 0.6 is 34.8 Å². The second-order valence-corrected chi connectivity index (χ2v) is 11.1. The van der Waals surface area contributed by atoms with Crippen LogP contribution in [-0.4, -0.2) is 13.0 Å². The normalized spacial score (nSPS) is 17.4. The van der Waals surface area contributed by atoms with E-state index in [1.807, 2.05) is 0 Å². The minimum absolute atomic E-state index is 0.165. The van der Waals surface area contributed by atoms with Gasteiger partial charge in [0.2, 0.25) is 0 Å². The summed E-state index contributed by atoms with van der Waals surface area (Å²) in [4.78, 5) is 12.9. The van der Waals surface area contributed by atoms with Crippen LogP contribution in [0.2, 0.25) is 15.1 Å². The summed E-state index contributed by atoms with van der Waals surface area (Å²) in [5.41, 5.74) is 0.907. The van der Waals surface area contributed by atoms with Crippen molar-refractivity contribution < 1.29 is 12.8 Å². The van der Waals surface area contributed by atoms with Gasteiger partial charge in [0.1, 0.15) is 11.6 Å². The third kappa shape index (κ3) is 4.12.